The number of carbonyl (C=O) groups is 2. The van der Waals surface area contributed by atoms with E-state index in [9.17, 15) is 14.7 Å². The molecule has 1 heterocycles. The van der Waals surface area contributed by atoms with Crippen LogP contribution in [0.4, 0.5) is 0 Å². The molecule has 0 aromatic rings. The van der Waals surface area contributed by atoms with E-state index in [-0.39, 0.29) is 24.8 Å². The maximum Gasteiger partial charge on any atom is 0.311 e. The van der Waals surface area contributed by atoms with E-state index < -0.39 is 29.0 Å². The highest BCUT2D eigenvalue weighted by molar-refractivity contribution is 5.88. The third-order valence-corrected chi connectivity index (χ3v) is 5.96. The Morgan fingerprint density at radius 2 is 1.68 bits per heavy atom. The second kappa shape index (κ2) is 12.3. The summed E-state index contributed by atoms with van der Waals surface area (Å²) in [5, 5.41) is 10.7. The molecule has 0 spiro atoms. The number of aliphatic hydroxyl groups excluding tert-OH is 1. The molecule has 1 N–H and O–H groups in total. The molecule has 0 amide bonds. The minimum atomic E-state index is -1.11. The van der Waals surface area contributed by atoms with Gasteiger partial charge >= 0.3 is 5.97 Å². The molecule has 0 unspecified atom stereocenters. The summed E-state index contributed by atoms with van der Waals surface area (Å²) in [5.74, 6) is -1.25. The first-order valence-electron chi connectivity index (χ1n) is 12.2. The molecular weight excluding hydrogens is 432 g/mol. The van der Waals surface area contributed by atoms with Crippen molar-refractivity contribution < 1.29 is 28.9 Å². The summed E-state index contributed by atoms with van der Waals surface area (Å²) < 4.78 is 17.3. The van der Waals surface area contributed by atoms with Crippen LogP contribution >= 0.6 is 0 Å². The molecule has 1 aliphatic heterocycles. The molecule has 34 heavy (non-hydrogen) atoms. The van der Waals surface area contributed by atoms with Gasteiger partial charge in [-0.1, -0.05) is 23.3 Å². The number of hydrogen-bond donors (Lipinski definition) is 1. The van der Waals surface area contributed by atoms with Crippen LogP contribution in [0.1, 0.15) is 94.9 Å². The number of carbonyl (C=O) groups excluding carboxylic acids is 2. The Labute approximate surface area is 206 Å². The van der Waals surface area contributed by atoms with Crippen molar-refractivity contribution >= 4 is 11.8 Å². The van der Waals surface area contributed by atoms with Crippen LogP contribution in [-0.2, 0) is 23.8 Å². The molecule has 0 aliphatic carbocycles. The van der Waals surface area contributed by atoms with E-state index in [4.69, 9.17) is 14.2 Å². The van der Waals surface area contributed by atoms with E-state index in [0.717, 1.165) is 29.6 Å². The molecule has 0 aromatic heterocycles. The first-order valence-corrected chi connectivity index (χ1v) is 12.2. The fourth-order valence-electron chi connectivity index (χ4n) is 3.69. The highest BCUT2D eigenvalue weighted by atomic mass is 16.8. The molecule has 0 saturated carbocycles. The highest BCUT2D eigenvalue weighted by Crippen LogP contribution is 2.40. The van der Waals surface area contributed by atoms with Gasteiger partial charge in [0, 0.05) is 6.42 Å². The number of ketones is 1. The normalized spacial score (nSPS) is 24.0. The average molecular weight is 479 g/mol. The second-order valence-electron chi connectivity index (χ2n) is 11.3. The van der Waals surface area contributed by atoms with E-state index in [0.29, 0.717) is 6.42 Å². The Balaban J connectivity index is 2.66. The summed E-state index contributed by atoms with van der Waals surface area (Å²) in [7, 11) is 0. The van der Waals surface area contributed by atoms with Gasteiger partial charge in [0.2, 0.25) is 0 Å². The number of ether oxygens (including phenoxy) is 3. The van der Waals surface area contributed by atoms with Crippen molar-refractivity contribution in [3.63, 3.8) is 0 Å². The minimum Gasteiger partial charge on any atom is -0.461 e. The van der Waals surface area contributed by atoms with Crippen LogP contribution in [0.25, 0.3) is 0 Å². The molecule has 0 aromatic carbocycles. The van der Waals surface area contributed by atoms with Crippen molar-refractivity contribution in [1.29, 1.82) is 0 Å². The summed E-state index contributed by atoms with van der Waals surface area (Å²) in [5.41, 5.74) is 1.38. The summed E-state index contributed by atoms with van der Waals surface area (Å²) in [4.78, 5) is 25.0. The number of hydrogen-bond acceptors (Lipinski definition) is 6. The Kier molecular flexibility index (Phi) is 10.9. The SMILES string of the molecule is CC(C)=CC[C@@H]1OC(C)(C)O[C@]1(C)C(=O)C[C@H](O)/C(C)=C/CC/C(C)=C/COC(=O)C(C)(C)C. The standard InChI is InChI=1S/C28H46O6/c1-19(2)14-15-24-28(10,34-27(8,9)33-24)23(30)18-22(29)21(4)13-11-12-20(3)16-17-32-25(31)26(5,6)7/h13-14,16,22,24,29H,11-12,15,17-18H2,1-10H3/b20-16+,21-13+/t22-,24-,28+/m0/s1. The van der Waals surface area contributed by atoms with Crippen molar-refractivity contribution in [1.82, 2.24) is 0 Å². The van der Waals surface area contributed by atoms with Crippen LogP contribution in [0.2, 0.25) is 0 Å². The summed E-state index contributed by atoms with van der Waals surface area (Å²) in [6.45, 7) is 18.9. The predicted molar refractivity (Wildman–Crippen MR) is 135 cm³/mol. The minimum absolute atomic E-state index is 0.0266. The summed E-state index contributed by atoms with van der Waals surface area (Å²) in [6.07, 6.45) is 6.67. The first kappa shape index (κ1) is 30.3. The van der Waals surface area contributed by atoms with Crippen LogP contribution < -0.4 is 0 Å². The van der Waals surface area contributed by atoms with Crippen molar-refractivity contribution in [2.24, 2.45) is 5.41 Å². The summed E-state index contributed by atoms with van der Waals surface area (Å²) >= 11 is 0. The largest absolute Gasteiger partial charge is 0.461 e. The van der Waals surface area contributed by atoms with E-state index in [1.165, 1.54) is 0 Å². The molecule has 0 bridgehead atoms. The Morgan fingerprint density at radius 1 is 1.06 bits per heavy atom. The van der Waals surface area contributed by atoms with E-state index >= 15 is 0 Å². The number of Topliss-reactive ketones (excluding diaryl/α,β-unsaturated/α-hetero) is 1. The quantitative estimate of drug-likeness (QED) is 0.297. The van der Waals surface area contributed by atoms with Crippen LogP contribution in [0, 0.1) is 5.41 Å². The van der Waals surface area contributed by atoms with Crippen molar-refractivity contribution in [2.75, 3.05) is 6.61 Å². The third kappa shape index (κ3) is 9.47. The van der Waals surface area contributed by atoms with Gasteiger partial charge in [-0.15, -0.1) is 0 Å². The Bertz CT molecular complexity index is 807. The van der Waals surface area contributed by atoms with Gasteiger partial charge in [-0.3, -0.25) is 9.59 Å². The lowest BCUT2D eigenvalue weighted by atomic mass is 9.87. The van der Waals surface area contributed by atoms with Gasteiger partial charge in [-0.05, 0) is 100 Å². The van der Waals surface area contributed by atoms with Crippen molar-refractivity contribution in [2.45, 2.75) is 119 Å². The maximum atomic E-state index is 13.2. The van der Waals surface area contributed by atoms with Crippen LogP contribution in [0.15, 0.2) is 34.9 Å². The maximum absolute atomic E-state index is 13.2. The van der Waals surface area contributed by atoms with E-state index in [1.807, 2.05) is 80.5 Å². The fourth-order valence-corrected chi connectivity index (χ4v) is 3.69. The topological polar surface area (TPSA) is 82.1 Å². The van der Waals surface area contributed by atoms with Gasteiger partial charge < -0.3 is 19.3 Å². The fraction of sp³-hybridized carbons (Fsp3) is 0.714. The molecule has 1 saturated heterocycles. The van der Waals surface area contributed by atoms with Crippen LogP contribution in [0.5, 0.6) is 0 Å². The first-order chi connectivity index (χ1) is 15.5. The average Bonchev–Trinajstić information content (AvgIpc) is 2.94. The lowest BCUT2D eigenvalue weighted by Gasteiger charge is -2.28. The third-order valence-electron chi connectivity index (χ3n) is 5.96. The molecule has 3 atom stereocenters. The smallest absolute Gasteiger partial charge is 0.311 e. The molecular formula is C28H46O6. The van der Waals surface area contributed by atoms with E-state index in [1.54, 1.807) is 6.92 Å². The second-order valence-corrected chi connectivity index (χ2v) is 11.3. The van der Waals surface area contributed by atoms with Gasteiger partial charge in [0.15, 0.2) is 17.2 Å². The predicted octanol–water partition coefficient (Wildman–Crippen LogP) is 5.84. The zero-order valence-corrected chi connectivity index (χ0v) is 22.9. The molecule has 1 rings (SSSR count). The van der Waals surface area contributed by atoms with Gasteiger partial charge in [0.1, 0.15) is 12.7 Å². The number of rotatable bonds is 11. The number of allylic oxidation sites excluding steroid dienone is 3. The lowest BCUT2D eigenvalue weighted by molar-refractivity contribution is -0.170. The molecule has 1 fully saturated rings. The van der Waals surface area contributed by atoms with Crippen LogP contribution in [0.3, 0.4) is 0 Å². The zero-order chi connectivity index (χ0) is 26.3. The highest BCUT2D eigenvalue weighted by Gasteiger charge is 2.54. The molecule has 6 heteroatoms. The number of esters is 1. The molecule has 0 radical (unpaired) electrons. The van der Waals surface area contributed by atoms with Gasteiger partial charge in [-0.2, -0.15) is 0 Å². The summed E-state index contributed by atoms with van der Waals surface area (Å²) in [6, 6.07) is 0. The van der Waals surface area contributed by atoms with Gasteiger partial charge in [0.05, 0.1) is 11.5 Å². The monoisotopic (exact) mass is 478 g/mol. The van der Waals surface area contributed by atoms with Crippen molar-refractivity contribution in [3.05, 3.63) is 34.9 Å². The van der Waals surface area contributed by atoms with Gasteiger partial charge in [-0.25, -0.2) is 0 Å². The van der Waals surface area contributed by atoms with E-state index in [2.05, 4.69) is 0 Å². The van der Waals surface area contributed by atoms with Gasteiger partial charge in [0.25, 0.3) is 0 Å². The Morgan fingerprint density at radius 3 is 2.24 bits per heavy atom. The number of aliphatic hydroxyl groups is 1. The molecule has 194 valence electrons. The van der Waals surface area contributed by atoms with Crippen LogP contribution in [-0.4, -0.2) is 47.1 Å². The van der Waals surface area contributed by atoms with Crippen molar-refractivity contribution in [3.8, 4) is 0 Å². The molecule has 1 aliphatic rings. The zero-order valence-electron chi connectivity index (χ0n) is 22.9. The Hall–Kier alpha value is -1.76. The molecule has 6 nitrogen and oxygen atoms in total. The lowest BCUT2D eigenvalue weighted by Crippen LogP contribution is -2.46.